The number of hydrogen-bond acceptors (Lipinski definition) is 3. The number of carbonyl (C=O) groups is 2. The highest BCUT2D eigenvalue weighted by atomic mass is 79.9. The van der Waals surface area contributed by atoms with Crippen LogP contribution >= 0.6 is 15.9 Å². The Bertz CT molecular complexity index is 419. The number of nitrogens with one attached hydrogen (secondary N) is 1. The number of esters is 1. The van der Waals surface area contributed by atoms with Gasteiger partial charge in [-0.3, -0.25) is 0 Å². The summed E-state index contributed by atoms with van der Waals surface area (Å²) >= 11 is 3.33. The van der Waals surface area contributed by atoms with Crippen molar-refractivity contribution in [2.24, 2.45) is 0 Å². The van der Waals surface area contributed by atoms with Crippen molar-refractivity contribution in [3.8, 4) is 0 Å². The molecule has 1 unspecified atom stereocenters. The highest BCUT2D eigenvalue weighted by molar-refractivity contribution is 9.10. The zero-order valence-corrected chi connectivity index (χ0v) is 9.28. The van der Waals surface area contributed by atoms with Crippen LogP contribution in [-0.2, 0) is 16.0 Å². The van der Waals surface area contributed by atoms with Crippen molar-refractivity contribution >= 4 is 28.0 Å². The summed E-state index contributed by atoms with van der Waals surface area (Å²) in [5.74, 6) is -0.514. The van der Waals surface area contributed by atoms with Crippen molar-refractivity contribution in [3.05, 3.63) is 34.3 Å². The third-order valence-electron chi connectivity index (χ3n) is 2.10. The first-order chi connectivity index (χ1) is 7.15. The topological polar surface area (TPSA) is 55.4 Å². The average molecular weight is 270 g/mol. The molecule has 1 aromatic rings. The van der Waals surface area contributed by atoms with Crippen molar-refractivity contribution in [3.63, 3.8) is 0 Å². The van der Waals surface area contributed by atoms with Crippen LogP contribution in [0.1, 0.15) is 5.56 Å². The second kappa shape index (κ2) is 4.02. The Hall–Kier alpha value is -1.36. The van der Waals surface area contributed by atoms with Gasteiger partial charge in [-0.25, -0.2) is 9.59 Å². The number of alkyl carbamates (subject to hydrolysis) is 1. The lowest BCUT2D eigenvalue weighted by Gasteiger charge is -2.05. The van der Waals surface area contributed by atoms with Gasteiger partial charge in [0.1, 0.15) is 6.04 Å². The molecule has 2 rings (SSSR count). The van der Waals surface area contributed by atoms with E-state index in [0.717, 1.165) is 10.0 Å². The molecule has 1 fully saturated rings. The lowest BCUT2D eigenvalue weighted by molar-refractivity contribution is -0.135. The number of ether oxygens (including phenoxy) is 1. The minimum atomic E-state index is -0.667. The second-order valence-electron chi connectivity index (χ2n) is 3.24. The maximum absolute atomic E-state index is 11.2. The van der Waals surface area contributed by atoms with Crippen LogP contribution in [0.4, 0.5) is 4.79 Å². The van der Waals surface area contributed by atoms with Crippen molar-refractivity contribution in [1.29, 1.82) is 0 Å². The quantitative estimate of drug-likeness (QED) is 0.656. The Morgan fingerprint density at radius 2 is 2.20 bits per heavy atom. The monoisotopic (exact) mass is 269 g/mol. The highest BCUT2D eigenvalue weighted by Crippen LogP contribution is 2.14. The molecule has 1 aliphatic heterocycles. The van der Waals surface area contributed by atoms with Crippen molar-refractivity contribution in [2.75, 3.05) is 0 Å². The summed E-state index contributed by atoms with van der Waals surface area (Å²) in [5.41, 5.74) is 0.966. The summed E-state index contributed by atoms with van der Waals surface area (Å²) in [4.78, 5) is 21.9. The van der Waals surface area contributed by atoms with Crippen LogP contribution in [0.15, 0.2) is 28.7 Å². The van der Waals surface area contributed by atoms with Gasteiger partial charge in [-0.1, -0.05) is 28.1 Å². The van der Waals surface area contributed by atoms with Gasteiger partial charge in [0, 0.05) is 10.9 Å². The third kappa shape index (κ3) is 2.36. The molecule has 0 spiro atoms. The number of rotatable bonds is 2. The van der Waals surface area contributed by atoms with E-state index in [9.17, 15) is 9.59 Å². The fourth-order valence-electron chi connectivity index (χ4n) is 1.43. The second-order valence-corrected chi connectivity index (χ2v) is 4.16. The van der Waals surface area contributed by atoms with Crippen LogP contribution in [-0.4, -0.2) is 18.1 Å². The van der Waals surface area contributed by atoms with Gasteiger partial charge in [0.15, 0.2) is 0 Å². The molecule has 1 atom stereocenters. The van der Waals surface area contributed by atoms with Crippen LogP contribution in [0.2, 0.25) is 0 Å². The van der Waals surface area contributed by atoms with Crippen LogP contribution < -0.4 is 5.32 Å². The largest absolute Gasteiger partial charge is 0.415 e. The third-order valence-corrected chi connectivity index (χ3v) is 2.59. The first kappa shape index (κ1) is 10.2. The lowest BCUT2D eigenvalue weighted by Crippen LogP contribution is -2.30. The predicted octanol–water partition coefficient (Wildman–Crippen LogP) is 1.63. The molecule has 78 valence electrons. The Balaban J connectivity index is 2.09. The molecule has 1 saturated heterocycles. The number of carbonyl (C=O) groups excluding carboxylic acids is 2. The van der Waals surface area contributed by atoms with E-state index in [1.165, 1.54) is 0 Å². The SMILES string of the molecule is O=C1NC(Cc2cccc(Br)c2)C(=O)O1. The molecule has 0 bridgehead atoms. The molecule has 0 aromatic heterocycles. The molecule has 1 aliphatic rings. The van der Waals surface area contributed by atoms with E-state index >= 15 is 0 Å². The zero-order valence-electron chi connectivity index (χ0n) is 7.70. The van der Waals surface area contributed by atoms with Gasteiger partial charge in [-0.2, -0.15) is 0 Å². The molecular formula is C10H8BrNO3. The van der Waals surface area contributed by atoms with Gasteiger partial charge in [-0.15, -0.1) is 0 Å². The average Bonchev–Trinajstić information content (AvgIpc) is 2.45. The summed E-state index contributed by atoms with van der Waals surface area (Å²) in [6.07, 6.45) is -0.218. The van der Waals surface area contributed by atoms with E-state index in [1.54, 1.807) is 0 Å². The van der Waals surface area contributed by atoms with Crippen molar-refractivity contribution in [1.82, 2.24) is 5.32 Å². The van der Waals surface area contributed by atoms with Gasteiger partial charge >= 0.3 is 12.1 Å². The molecule has 5 heteroatoms. The molecular weight excluding hydrogens is 262 g/mol. The molecule has 0 radical (unpaired) electrons. The normalized spacial score (nSPS) is 19.9. The minimum absolute atomic E-state index is 0.448. The summed E-state index contributed by atoms with van der Waals surface area (Å²) in [5, 5.41) is 2.45. The summed E-state index contributed by atoms with van der Waals surface area (Å²) < 4.78 is 5.32. The number of halogens is 1. The first-order valence-electron chi connectivity index (χ1n) is 4.42. The van der Waals surface area contributed by atoms with E-state index in [0.29, 0.717) is 6.42 Å². The molecule has 1 N–H and O–H groups in total. The maximum atomic E-state index is 11.2. The fraction of sp³-hybridized carbons (Fsp3) is 0.200. The van der Waals surface area contributed by atoms with Gasteiger partial charge in [0.2, 0.25) is 0 Å². The molecule has 1 heterocycles. The smallest absolute Gasteiger partial charge is 0.375 e. The van der Waals surface area contributed by atoms with Crippen molar-refractivity contribution in [2.45, 2.75) is 12.5 Å². The van der Waals surface area contributed by atoms with Gasteiger partial charge in [0.25, 0.3) is 0 Å². The lowest BCUT2D eigenvalue weighted by atomic mass is 10.1. The van der Waals surface area contributed by atoms with E-state index < -0.39 is 18.1 Å². The zero-order chi connectivity index (χ0) is 10.8. The summed E-state index contributed by atoms with van der Waals surface area (Å²) in [7, 11) is 0. The Kier molecular flexibility index (Phi) is 2.73. The Labute approximate surface area is 94.7 Å². The first-order valence-corrected chi connectivity index (χ1v) is 5.21. The maximum Gasteiger partial charge on any atom is 0.415 e. The van der Waals surface area contributed by atoms with E-state index in [2.05, 4.69) is 26.0 Å². The molecule has 4 nitrogen and oxygen atoms in total. The van der Waals surface area contributed by atoms with E-state index in [-0.39, 0.29) is 0 Å². The molecule has 0 saturated carbocycles. The standard InChI is InChI=1S/C10H8BrNO3/c11-7-3-1-2-6(4-7)5-8-9(13)15-10(14)12-8/h1-4,8H,5H2,(H,12,14). The summed E-state index contributed by atoms with van der Waals surface area (Å²) in [6.45, 7) is 0. The fourth-order valence-corrected chi connectivity index (χ4v) is 1.87. The Morgan fingerprint density at radius 3 is 2.80 bits per heavy atom. The van der Waals surface area contributed by atoms with Crippen LogP contribution in [0.3, 0.4) is 0 Å². The minimum Gasteiger partial charge on any atom is -0.375 e. The molecule has 1 aromatic carbocycles. The number of hydrogen-bond donors (Lipinski definition) is 1. The highest BCUT2D eigenvalue weighted by Gasteiger charge is 2.32. The summed E-state index contributed by atoms with van der Waals surface area (Å²) in [6, 6.07) is 7.00. The van der Waals surface area contributed by atoms with Crippen LogP contribution in [0.25, 0.3) is 0 Å². The van der Waals surface area contributed by atoms with Gasteiger partial charge < -0.3 is 10.1 Å². The van der Waals surface area contributed by atoms with E-state index in [4.69, 9.17) is 0 Å². The van der Waals surface area contributed by atoms with Crippen LogP contribution in [0, 0.1) is 0 Å². The number of benzene rings is 1. The van der Waals surface area contributed by atoms with Gasteiger partial charge in [-0.05, 0) is 17.7 Å². The predicted molar refractivity (Wildman–Crippen MR) is 56.3 cm³/mol. The number of amides is 1. The Morgan fingerprint density at radius 1 is 1.40 bits per heavy atom. The van der Waals surface area contributed by atoms with Crippen LogP contribution in [0.5, 0.6) is 0 Å². The molecule has 1 amide bonds. The van der Waals surface area contributed by atoms with Gasteiger partial charge in [0.05, 0.1) is 0 Å². The molecule has 15 heavy (non-hydrogen) atoms. The number of cyclic esters (lactones) is 2. The molecule has 0 aliphatic carbocycles. The van der Waals surface area contributed by atoms with Crippen molar-refractivity contribution < 1.29 is 14.3 Å². The van der Waals surface area contributed by atoms with E-state index in [1.807, 2.05) is 24.3 Å².